The van der Waals surface area contributed by atoms with Crippen LogP contribution in [0.4, 0.5) is 9.59 Å². The number of nitrogens with two attached hydrogens (primary N) is 1. The zero-order valence-corrected chi connectivity index (χ0v) is 15.8. The molecule has 1 atom stereocenters. The van der Waals surface area contributed by atoms with E-state index in [4.69, 9.17) is 15.2 Å². The summed E-state index contributed by atoms with van der Waals surface area (Å²) in [5, 5.41) is 0. The molecule has 144 valence electrons. The molecule has 1 aliphatic heterocycles. The maximum absolute atomic E-state index is 12.4. The van der Waals surface area contributed by atoms with Crippen molar-refractivity contribution >= 4 is 12.2 Å². The Morgan fingerprint density at radius 2 is 1.85 bits per heavy atom. The number of rotatable bonds is 4. The first-order valence-corrected chi connectivity index (χ1v) is 8.95. The number of hydrogen-bond donors (Lipinski definition) is 1. The highest BCUT2D eigenvalue weighted by molar-refractivity contribution is 5.71. The van der Waals surface area contributed by atoms with Gasteiger partial charge in [0.2, 0.25) is 0 Å². The van der Waals surface area contributed by atoms with Crippen LogP contribution in [0.3, 0.4) is 0 Å². The Labute approximate surface area is 155 Å². The van der Waals surface area contributed by atoms with Gasteiger partial charge >= 0.3 is 12.2 Å². The summed E-state index contributed by atoms with van der Waals surface area (Å²) in [7, 11) is 0. The van der Waals surface area contributed by atoms with Gasteiger partial charge in [-0.15, -0.1) is 0 Å². The molecule has 7 heteroatoms. The van der Waals surface area contributed by atoms with E-state index in [-0.39, 0.29) is 24.8 Å². The largest absolute Gasteiger partial charge is 0.445 e. The molecule has 1 saturated heterocycles. The molecule has 2 N–H and O–H groups in total. The molecule has 0 radical (unpaired) electrons. The molecule has 1 aromatic carbocycles. The van der Waals surface area contributed by atoms with Gasteiger partial charge in [0.25, 0.3) is 0 Å². The molecule has 0 spiro atoms. The molecule has 0 aromatic heterocycles. The molecule has 0 bridgehead atoms. The van der Waals surface area contributed by atoms with Crippen LogP contribution in [0.2, 0.25) is 0 Å². The fraction of sp³-hybridized carbons (Fsp3) is 0.579. The second-order valence-corrected chi connectivity index (χ2v) is 7.39. The SMILES string of the molecule is CC(C)(C)OC(=O)N1CCN(C(=O)OCc2ccccc2)CC1CCN. The Balaban J connectivity index is 1.93. The number of nitrogens with zero attached hydrogens (tertiary/aromatic N) is 2. The summed E-state index contributed by atoms with van der Waals surface area (Å²) < 4.78 is 10.9. The van der Waals surface area contributed by atoms with Gasteiger partial charge in [-0.1, -0.05) is 30.3 Å². The van der Waals surface area contributed by atoms with Gasteiger partial charge in [-0.2, -0.15) is 0 Å². The molecule has 1 aliphatic rings. The standard InChI is InChI=1S/C19H29N3O4/c1-19(2,3)26-18(24)22-12-11-21(13-16(22)9-10-20)17(23)25-14-15-7-5-4-6-8-15/h4-8,16H,9-14,20H2,1-3H3. The van der Waals surface area contributed by atoms with Gasteiger partial charge in [0.05, 0.1) is 6.04 Å². The molecule has 1 aromatic rings. The van der Waals surface area contributed by atoms with Crippen molar-refractivity contribution in [1.82, 2.24) is 9.80 Å². The molecule has 1 unspecified atom stereocenters. The van der Waals surface area contributed by atoms with E-state index in [0.29, 0.717) is 32.6 Å². The van der Waals surface area contributed by atoms with E-state index >= 15 is 0 Å². The molecular formula is C19H29N3O4. The maximum atomic E-state index is 12.4. The minimum Gasteiger partial charge on any atom is -0.445 e. The Morgan fingerprint density at radius 1 is 1.15 bits per heavy atom. The summed E-state index contributed by atoms with van der Waals surface area (Å²) in [6.07, 6.45) is -0.144. The quantitative estimate of drug-likeness (QED) is 0.889. The third kappa shape index (κ3) is 5.91. The van der Waals surface area contributed by atoms with Crippen molar-refractivity contribution in [3.63, 3.8) is 0 Å². The molecule has 0 aliphatic carbocycles. The smallest absolute Gasteiger partial charge is 0.410 e. The number of amides is 2. The fourth-order valence-corrected chi connectivity index (χ4v) is 2.83. The lowest BCUT2D eigenvalue weighted by atomic mass is 10.1. The summed E-state index contributed by atoms with van der Waals surface area (Å²) >= 11 is 0. The van der Waals surface area contributed by atoms with Crippen LogP contribution in [0.1, 0.15) is 32.8 Å². The monoisotopic (exact) mass is 363 g/mol. The van der Waals surface area contributed by atoms with Crippen LogP contribution >= 0.6 is 0 Å². The van der Waals surface area contributed by atoms with Crippen molar-refractivity contribution in [3.05, 3.63) is 35.9 Å². The molecule has 1 fully saturated rings. The second kappa shape index (κ2) is 8.89. The first kappa shape index (κ1) is 20.0. The van der Waals surface area contributed by atoms with Gasteiger partial charge in [0.15, 0.2) is 0 Å². The van der Waals surface area contributed by atoms with Gasteiger partial charge in [-0.3, -0.25) is 0 Å². The topological polar surface area (TPSA) is 85.1 Å². The Morgan fingerprint density at radius 3 is 2.46 bits per heavy atom. The average molecular weight is 363 g/mol. The summed E-state index contributed by atoms with van der Waals surface area (Å²) in [4.78, 5) is 28.1. The average Bonchev–Trinajstić information content (AvgIpc) is 2.59. The van der Waals surface area contributed by atoms with E-state index in [9.17, 15) is 9.59 Å². The van der Waals surface area contributed by atoms with Crippen LogP contribution in [0.25, 0.3) is 0 Å². The molecule has 2 amide bonds. The normalized spacial score (nSPS) is 17.8. The van der Waals surface area contributed by atoms with Crippen LogP contribution in [-0.2, 0) is 16.1 Å². The van der Waals surface area contributed by atoms with Crippen LogP contribution < -0.4 is 5.73 Å². The highest BCUT2D eigenvalue weighted by Gasteiger charge is 2.35. The van der Waals surface area contributed by atoms with Crippen LogP contribution in [0.15, 0.2) is 30.3 Å². The van der Waals surface area contributed by atoms with Crippen molar-refractivity contribution in [1.29, 1.82) is 0 Å². The summed E-state index contributed by atoms with van der Waals surface area (Å²) in [5.74, 6) is 0. The Kier molecular flexibility index (Phi) is 6.85. The second-order valence-electron chi connectivity index (χ2n) is 7.39. The predicted octanol–water partition coefficient (Wildman–Crippen LogP) is 2.59. The van der Waals surface area contributed by atoms with E-state index in [0.717, 1.165) is 5.56 Å². The lowest BCUT2D eigenvalue weighted by molar-refractivity contribution is -0.00400. The Bertz CT molecular complexity index is 601. The third-order valence-electron chi connectivity index (χ3n) is 4.07. The number of ether oxygens (including phenoxy) is 2. The minimum absolute atomic E-state index is 0.173. The number of hydrogen-bond acceptors (Lipinski definition) is 5. The number of carbonyl (C=O) groups is 2. The van der Waals surface area contributed by atoms with E-state index < -0.39 is 5.60 Å². The van der Waals surface area contributed by atoms with Crippen molar-refractivity contribution < 1.29 is 19.1 Å². The highest BCUT2D eigenvalue weighted by Crippen LogP contribution is 2.18. The maximum Gasteiger partial charge on any atom is 0.410 e. The number of piperazine rings is 1. The number of benzene rings is 1. The van der Waals surface area contributed by atoms with Gasteiger partial charge in [0.1, 0.15) is 12.2 Å². The summed E-state index contributed by atoms with van der Waals surface area (Å²) in [6.45, 7) is 7.36. The fourth-order valence-electron chi connectivity index (χ4n) is 2.83. The van der Waals surface area contributed by atoms with Gasteiger partial charge in [-0.05, 0) is 39.3 Å². The molecule has 26 heavy (non-hydrogen) atoms. The van der Waals surface area contributed by atoms with Crippen LogP contribution in [-0.4, -0.2) is 59.8 Å². The number of carbonyl (C=O) groups excluding carboxylic acids is 2. The lowest BCUT2D eigenvalue weighted by Gasteiger charge is -2.41. The van der Waals surface area contributed by atoms with Crippen molar-refractivity contribution in [2.24, 2.45) is 5.73 Å². The third-order valence-corrected chi connectivity index (χ3v) is 4.07. The van der Waals surface area contributed by atoms with E-state index in [2.05, 4.69) is 0 Å². The summed E-state index contributed by atoms with van der Waals surface area (Å²) in [5.41, 5.74) is 6.07. The lowest BCUT2D eigenvalue weighted by Crippen LogP contribution is -2.57. The first-order chi connectivity index (χ1) is 12.3. The van der Waals surface area contributed by atoms with Crippen molar-refractivity contribution in [3.8, 4) is 0 Å². The van der Waals surface area contributed by atoms with E-state index in [1.807, 2.05) is 51.1 Å². The van der Waals surface area contributed by atoms with Gasteiger partial charge < -0.3 is 25.0 Å². The van der Waals surface area contributed by atoms with Crippen molar-refractivity contribution in [2.45, 2.75) is 45.4 Å². The zero-order valence-electron chi connectivity index (χ0n) is 15.8. The molecular weight excluding hydrogens is 334 g/mol. The minimum atomic E-state index is -0.559. The van der Waals surface area contributed by atoms with Gasteiger partial charge in [-0.25, -0.2) is 9.59 Å². The van der Waals surface area contributed by atoms with Crippen LogP contribution in [0.5, 0.6) is 0 Å². The molecule has 0 saturated carbocycles. The Hall–Kier alpha value is -2.28. The van der Waals surface area contributed by atoms with Crippen LogP contribution in [0, 0.1) is 0 Å². The molecule has 7 nitrogen and oxygen atoms in total. The van der Waals surface area contributed by atoms with E-state index in [1.165, 1.54) is 0 Å². The molecule has 2 rings (SSSR count). The van der Waals surface area contributed by atoms with Crippen molar-refractivity contribution in [2.75, 3.05) is 26.2 Å². The highest BCUT2D eigenvalue weighted by atomic mass is 16.6. The predicted molar refractivity (Wildman–Crippen MR) is 98.6 cm³/mol. The zero-order chi connectivity index (χ0) is 19.2. The molecule has 1 heterocycles. The van der Waals surface area contributed by atoms with Gasteiger partial charge in [0, 0.05) is 19.6 Å². The summed E-state index contributed by atoms with van der Waals surface area (Å²) in [6, 6.07) is 9.36. The van der Waals surface area contributed by atoms with E-state index in [1.54, 1.807) is 9.80 Å². The first-order valence-electron chi connectivity index (χ1n) is 8.95.